The lowest BCUT2D eigenvalue weighted by molar-refractivity contribution is -0.195. The SMILES string of the molecule is CC(C)(C)CNc1c(C#N)cnc2c(Cl)cc(N[C@H](C3=CN(C4(C(F)(F)F)CC4)NN3)c3cccc(C(N)=O)c3F)cc12. The Bertz CT molecular complexity index is 1670. The van der Waals surface area contributed by atoms with Crippen LogP contribution in [0.4, 0.5) is 28.9 Å². The Hall–Kier alpha value is -4.28. The van der Waals surface area contributed by atoms with Crippen molar-refractivity contribution in [3.63, 3.8) is 0 Å². The molecule has 2 aliphatic rings. The number of benzene rings is 2. The van der Waals surface area contributed by atoms with Gasteiger partial charge in [0.2, 0.25) is 0 Å². The summed E-state index contributed by atoms with van der Waals surface area (Å²) in [5.74, 6) is -1.93. The zero-order chi connectivity index (χ0) is 31.3. The van der Waals surface area contributed by atoms with Gasteiger partial charge in [-0.25, -0.2) is 4.39 Å². The number of amides is 1. The second-order valence-electron chi connectivity index (χ2n) is 11.8. The molecule has 0 spiro atoms. The topological polar surface area (TPSA) is 131 Å². The van der Waals surface area contributed by atoms with Crippen LogP contribution in [0.2, 0.25) is 5.02 Å². The highest BCUT2D eigenvalue weighted by atomic mass is 35.5. The first kappa shape index (κ1) is 30.2. The number of nitriles is 1. The Labute approximate surface area is 250 Å². The number of primary amides is 1. The van der Waals surface area contributed by atoms with E-state index in [4.69, 9.17) is 17.3 Å². The summed E-state index contributed by atoms with van der Waals surface area (Å²) < 4.78 is 57.3. The van der Waals surface area contributed by atoms with E-state index in [1.165, 1.54) is 36.7 Å². The molecule has 5 rings (SSSR count). The van der Waals surface area contributed by atoms with Crippen LogP contribution in [0.3, 0.4) is 0 Å². The summed E-state index contributed by atoms with van der Waals surface area (Å²) in [6.07, 6.45) is -2.10. The van der Waals surface area contributed by atoms with Crippen LogP contribution < -0.4 is 27.3 Å². The second kappa shape index (κ2) is 10.8. The van der Waals surface area contributed by atoms with Gasteiger partial charge in [0.05, 0.1) is 39.1 Å². The highest BCUT2D eigenvalue weighted by Gasteiger charge is 2.67. The average Bonchev–Trinajstić information content (AvgIpc) is 3.61. The van der Waals surface area contributed by atoms with Crippen LogP contribution >= 0.6 is 11.6 Å². The summed E-state index contributed by atoms with van der Waals surface area (Å²) in [6.45, 7) is 6.60. The Morgan fingerprint density at radius 3 is 2.60 bits per heavy atom. The van der Waals surface area contributed by atoms with Crippen molar-refractivity contribution in [2.75, 3.05) is 17.2 Å². The zero-order valence-corrected chi connectivity index (χ0v) is 24.2. The molecule has 1 amide bonds. The number of carbonyl (C=O) groups excluding carboxylic acids is 1. The molecule has 14 heteroatoms. The molecular weight excluding hydrogens is 588 g/mol. The lowest BCUT2D eigenvalue weighted by Gasteiger charge is -2.28. The Morgan fingerprint density at radius 2 is 2.00 bits per heavy atom. The molecule has 0 bridgehead atoms. The number of alkyl halides is 3. The van der Waals surface area contributed by atoms with Crippen molar-refractivity contribution in [2.45, 2.75) is 51.4 Å². The number of hydrogen-bond donors (Lipinski definition) is 5. The zero-order valence-electron chi connectivity index (χ0n) is 23.5. The summed E-state index contributed by atoms with van der Waals surface area (Å²) in [4.78, 5) is 16.3. The summed E-state index contributed by atoms with van der Waals surface area (Å²) in [7, 11) is 0. The molecule has 1 fully saturated rings. The molecule has 226 valence electrons. The number of hydrazine groups is 2. The van der Waals surface area contributed by atoms with E-state index in [0.29, 0.717) is 28.8 Å². The third-order valence-electron chi connectivity index (χ3n) is 7.37. The van der Waals surface area contributed by atoms with Crippen LogP contribution in [0.1, 0.15) is 61.1 Å². The molecule has 2 heterocycles. The number of halogens is 5. The van der Waals surface area contributed by atoms with Crippen LogP contribution in [0, 0.1) is 22.6 Å². The summed E-state index contributed by atoms with van der Waals surface area (Å²) >= 11 is 6.62. The first-order chi connectivity index (χ1) is 20.1. The van der Waals surface area contributed by atoms with E-state index in [-0.39, 0.29) is 45.7 Å². The highest BCUT2D eigenvalue weighted by Crippen LogP contribution is 2.54. The van der Waals surface area contributed by atoms with Gasteiger partial charge in [0.15, 0.2) is 5.54 Å². The Morgan fingerprint density at radius 1 is 1.28 bits per heavy atom. The minimum atomic E-state index is -4.51. The Balaban J connectivity index is 1.62. The van der Waals surface area contributed by atoms with Gasteiger partial charge in [0, 0.05) is 35.6 Å². The molecule has 6 N–H and O–H groups in total. The van der Waals surface area contributed by atoms with E-state index >= 15 is 4.39 Å². The number of carbonyl (C=O) groups is 1. The number of aromatic nitrogens is 1. The fourth-order valence-corrected chi connectivity index (χ4v) is 5.18. The monoisotopic (exact) mass is 616 g/mol. The normalized spacial score (nSPS) is 16.7. The van der Waals surface area contributed by atoms with Gasteiger partial charge in [-0.15, -0.1) is 5.53 Å². The van der Waals surface area contributed by atoms with E-state index in [1.807, 2.05) is 20.8 Å². The van der Waals surface area contributed by atoms with Gasteiger partial charge < -0.3 is 21.8 Å². The van der Waals surface area contributed by atoms with Crippen molar-refractivity contribution in [2.24, 2.45) is 11.1 Å². The second-order valence-corrected chi connectivity index (χ2v) is 12.2. The maximum absolute atomic E-state index is 15.7. The lowest BCUT2D eigenvalue weighted by Crippen LogP contribution is -2.52. The van der Waals surface area contributed by atoms with Gasteiger partial charge in [0.1, 0.15) is 11.9 Å². The third kappa shape index (κ3) is 5.72. The minimum absolute atomic E-state index is 0.0539. The van der Waals surface area contributed by atoms with Crippen molar-refractivity contribution < 1.29 is 22.4 Å². The van der Waals surface area contributed by atoms with Gasteiger partial charge >= 0.3 is 6.18 Å². The molecule has 9 nitrogen and oxygen atoms in total. The van der Waals surface area contributed by atoms with E-state index in [9.17, 15) is 23.2 Å². The van der Waals surface area contributed by atoms with E-state index < -0.39 is 29.5 Å². The predicted molar refractivity (Wildman–Crippen MR) is 155 cm³/mol. The fraction of sp³-hybridized carbons (Fsp3) is 0.345. The van der Waals surface area contributed by atoms with E-state index in [0.717, 1.165) is 5.01 Å². The molecule has 1 saturated carbocycles. The number of hydrogen-bond acceptors (Lipinski definition) is 8. The van der Waals surface area contributed by atoms with Gasteiger partial charge in [-0.1, -0.05) is 44.5 Å². The molecule has 43 heavy (non-hydrogen) atoms. The van der Waals surface area contributed by atoms with Crippen molar-refractivity contribution in [3.05, 3.63) is 76.0 Å². The maximum Gasteiger partial charge on any atom is 0.413 e. The van der Waals surface area contributed by atoms with Crippen LogP contribution in [-0.2, 0) is 0 Å². The van der Waals surface area contributed by atoms with Crippen molar-refractivity contribution >= 4 is 39.8 Å². The summed E-state index contributed by atoms with van der Waals surface area (Å²) in [5, 5.41) is 17.9. The average molecular weight is 617 g/mol. The molecule has 1 aromatic heterocycles. The molecule has 0 unspecified atom stereocenters. The molecule has 1 aliphatic heterocycles. The number of rotatable bonds is 8. The molecule has 1 aliphatic carbocycles. The lowest BCUT2D eigenvalue weighted by atomic mass is 9.96. The number of fused-ring (bicyclic) bond motifs is 1. The third-order valence-corrected chi connectivity index (χ3v) is 7.66. The smallest absolute Gasteiger partial charge is 0.383 e. The fourth-order valence-electron chi connectivity index (χ4n) is 4.91. The maximum atomic E-state index is 15.7. The number of nitrogens with two attached hydrogens (primary N) is 1. The number of nitrogens with one attached hydrogen (secondary N) is 4. The van der Waals surface area contributed by atoms with Crippen molar-refractivity contribution in [1.82, 2.24) is 21.0 Å². The number of anilines is 2. The minimum Gasteiger partial charge on any atom is -0.383 e. The number of pyridine rings is 1. The van der Waals surface area contributed by atoms with Gasteiger partial charge in [-0.05, 0) is 36.5 Å². The predicted octanol–water partition coefficient (Wildman–Crippen LogP) is 5.87. The van der Waals surface area contributed by atoms with E-state index in [2.05, 4.69) is 32.6 Å². The van der Waals surface area contributed by atoms with Crippen LogP contribution in [-0.4, -0.2) is 34.2 Å². The van der Waals surface area contributed by atoms with Gasteiger partial charge in [-0.2, -0.15) is 18.4 Å². The highest BCUT2D eigenvalue weighted by molar-refractivity contribution is 6.35. The first-order valence-corrected chi connectivity index (χ1v) is 13.7. The first-order valence-electron chi connectivity index (χ1n) is 13.4. The van der Waals surface area contributed by atoms with Crippen LogP contribution in [0.25, 0.3) is 10.9 Å². The summed E-state index contributed by atoms with van der Waals surface area (Å²) in [6, 6.07) is 8.25. The van der Waals surface area contributed by atoms with Crippen LogP contribution in [0.5, 0.6) is 0 Å². The van der Waals surface area contributed by atoms with Crippen molar-refractivity contribution in [3.8, 4) is 6.07 Å². The largest absolute Gasteiger partial charge is 0.413 e. The molecule has 1 atom stereocenters. The van der Waals surface area contributed by atoms with Gasteiger partial charge in [-0.3, -0.25) is 14.8 Å². The van der Waals surface area contributed by atoms with E-state index in [1.54, 1.807) is 6.07 Å². The number of nitrogens with zero attached hydrogens (tertiary/aromatic N) is 3. The summed E-state index contributed by atoms with van der Waals surface area (Å²) in [5.41, 5.74) is 9.66. The molecule has 0 radical (unpaired) electrons. The van der Waals surface area contributed by atoms with Gasteiger partial charge in [0.25, 0.3) is 5.91 Å². The molecule has 0 saturated heterocycles. The van der Waals surface area contributed by atoms with Crippen molar-refractivity contribution in [1.29, 1.82) is 5.26 Å². The van der Waals surface area contributed by atoms with Crippen LogP contribution in [0.15, 0.2) is 48.4 Å². The standard InChI is InChI=1S/C29H29ClF4N8O/c1-27(2,3)14-38-23-15(11-35)12-37-24-19(23)9-16(10-20(24)30)39-25(17-5-4-6-18(22(17)31)26(36)43)21-13-42(41-40-21)28(7-8-28)29(32,33)34/h4-6,9-10,12-13,25,39-41H,7-8,14H2,1-3H3,(H2,36,43)(H,37,38)/t25-/m0/s1. The molecular formula is C29H29ClF4N8O. The quantitative estimate of drug-likeness (QED) is 0.199. The Kier molecular flexibility index (Phi) is 7.56. The molecule has 3 aromatic rings. The molecule has 2 aromatic carbocycles.